The van der Waals surface area contributed by atoms with Crippen LogP contribution in [0.5, 0.6) is 0 Å². The van der Waals surface area contributed by atoms with Crippen LogP contribution in [0.25, 0.3) is 0 Å². The van der Waals surface area contributed by atoms with Gasteiger partial charge in [-0.05, 0) is 38.3 Å². The van der Waals surface area contributed by atoms with Crippen LogP contribution in [0.1, 0.15) is 48.7 Å². The summed E-state index contributed by atoms with van der Waals surface area (Å²) in [6, 6.07) is 3.48. The molecule has 1 aliphatic rings. The zero-order valence-electron chi connectivity index (χ0n) is 11.9. The first-order chi connectivity index (χ1) is 9.51. The van der Waals surface area contributed by atoms with Gasteiger partial charge in [-0.15, -0.1) is 0 Å². The van der Waals surface area contributed by atoms with Crippen LogP contribution in [0.4, 0.5) is 0 Å². The Hall–Kier alpha value is -1.91. The van der Waals surface area contributed by atoms with Crippen LogP contribution < -0.4 is 0 Å². The van der Waals surface area contributed by atoms with Crippen LogP contribution in [-0.2, 0) is 4.79 Å². The van der Waals surface area contributed by atoms with E-state index in [2.05, 4.69) is 4.98 Å². The van der Waals surface area contributed by atoms with Crippen molar-refractivity contribution in [3.8, 4) is 0 Å². The highest BCUT2D eigenvalue weighted by Crippen LogP contribution is 2.35. The van der Waals surface area contributed by atoms with E-state index >= 15 is 0 Å². The van der Waals surface area contributed by atoms with Gasteiger partial charge in [0.2, 0.25) is 0 Å². The SMILES string of the molecule is CCCC1(C(=O)O)CCCN1C(=O)c1ccc(C)nc1. The van der Waals surface area contributed by atoms with Gasteiger partial charge in [-0.2, -0.15) is 0 Å². The van der Waals surface area contributed by atoms with Gasteiger partial charge in [-0.3, -0.25) is 9.78 Å². The number of aryl methyl sites for hydroxylation is 1. The molecule has 0 saturated carbocycles. The summed E-state index contributed by atoms with van der Waals surface area (Å²) in [6.07, 6.45) is 4.02. The van der Waals surface area contributed by atoms with Crippen molar-refractivity contribution in [1.82, 2.24) is 9.88 Å². The number of carboxylic acids is 1. The van der Waals surface area contributed by atoms with Crippen LogP contribution in [0.3, 0.4) is 0 Å². The lowest BCUT2D eigenvalue weighted by Gasteiger charge is -2.34. The third-order valence-electron chi connectivity index (χ3n) is 3.95. The fourth-order valence-corrected chi connectivity index (χ4v) is 2.93. The predicted octanol–water partition coefficient (Wildman–Crippen LogP) is 2.25. The van der Waals surface area contributed by atoms with Crippen molar-refractivity contribution in [1.29, 1.82) is 0 Å². The number of likely N-dealkylation sites (tertiary alicyclic amines) is 1. The molecule has 20 heavy (non-hydrogen) atoms. The molecule has 1 aromatic heterocycles. The van der Waals surface area contributed by atoms with E-state index in [-0.39, 0.29) is 5.91 Å². The number of carboxylic acid groups (broad SMARTS) is 1. The number of hydrogen-bond donors (Lipinski definition) is 1. The molecule has 0 bridgehead atoms. The molecular formula is C15H20N2O3. The lowest BCUT2D eigenvalue weighted by molar-refractivity contribution is -0.148. The number of carbonyl (C=O) groups excluding carboxylic acids is 1. The number of nitrogens with zero attached hydrogens (tertiary/aromatic N) is 2. The summed E-state index contributed by atoms with van der Waals surface area (Å²) in [5.41, 5.74) is 0.247. The molecular weight excluding hydrogens is 256 g/mol. The summed E-state index contributed by atoms with van der Waals surface area (Å²) in [7, 11) is 0. The first kappa shape index (κ1) is 14.5. The topological polar surface area (TPSA) is 70.5 Å². The van der Waals surface area contributed by atoms with Crippen LogP contribution in [-0.4, -0.2) is 39.0 Å². The highest BCUT2D eigenvalue weighted by atomic mass is 16.4. The van der Waals surface area contributed by atoms with Gasteiger partial charge in [0.15, 0.2) is 0 Å². The van der Waals surface area contributed by atoms with Gasteiger partial charge in [0.1, 0.15) is 5.54 Å². The molecule has 5 heteroatoms. The molecule has 0 aliphatic carbocycles. The van der Waals surface area contributed by atoms with E-state index in [0.29, 0.717) is 24.9 Å². The number of carbonyl (C=O) groups is 2. The summed E-state index contributed by atoms with van der Waals surface area (Å²) >= 11 is 0. The molecule has 1 aromatic rings. The third-order valence-corrected chi connectivity index (χ3v) is 3.95. The highest BCUT2D eigenvalue weighted by Gasteiger charge is 2.49. The lowest BCUT2D eigenvalue weighted by atomic mass is 9.90. The normalized spacial score (nSPS) is 22.0. The number of pyridine rings is 1. The van der Waals surface area contributed by atoms with Crippen molar-refractivity contribution in [3.05, 3.63) is 29.6 Å². The van der Waals surface area contributed by atoms with Gasteiger partial charge in [0.25, 0.3) is 5.91 Å². The van der Waals surface area contributed by atoms with Crippen LogP contribution in [0, 0.1) is 6.92 Å². The minimum atomic E-state index is -1.04. The molecule has 1 fully saturated rings. The fourth-order valence-electron chi connectivity index (χ4n) is 2.93. The third kappa shape index (κ3) is 2.40. The second kappa shape index (κ2) is 5.61. The number of hydrogen-bond acceptors (Lipinski definition) is 3. The van der Waals surface area contributed by atoms with E-state index < -0.39 is 11.5 Å². The summed E-state index contributed by atoms with van der Waals surface area (Å²) in [4.78, 5) is 29.9. The van der Waals surface area contributed by atoms with E-state index in [4.69, 9.17) is 0 Å². The Bertz CT molecular complexity index is 512. The molecule has 0 radical (unpaired) electrons. The molecule has 1 unspecified atom stereocenters. The summed E-state index contributed by atoms with van der Waals surface area (Å²) < 4.78 is 0. The first-order valence-electron chi connectivity index (χ1n) is 6.99. The van der Waals surface area contributed by atoms with Crippen molar-refractivity contribution >= 4 is 11.9 Å². The molecule has 1 amide bonds. The second-order valence-electron chi connectivity index (χ2n) is 5.34. The maximum absolute atomic E-state index is 12.6. The largest absolute Gasteiger partial charge is 0.479 e. The van der Waals surface area contributed by atoms with Gasteiger partial charge in [-0.1, -0.05) is 13.3 Å². The Balaban J connectivity index is 2.32. The van der Waals surface area contributed by atoms with E-state index in [1.165, 1.54) is 11.1 Å². The first-order valence-corrected chi connectivity index (χ1v) is 6.99. The number of rotatable bonds is 4. The van der Waals surface area contributed by atoms with Crippen molar-refractivity contribution in [3.63, 3.8) is 0 Å². The van der Waals surface area contributed by atoms with Gasteiger partial charge >= 0.3 is 5.97 Å². The zero-order valence-corrected chi connectivity index (χ0v) is 11.9. The van der Waals surface area contributed by atoms with Crippen molar-refractivity contribution < 1.29 is 14.7 Å². The quantitative estimate of drug-likeness (QED) is 0.915. The van der Waals surface area contributed by atoms with Gasteiger partial charge in [0, 0.05) is 18.4 Å². The van der Waals surface area contributed by atoms with E-state index in [1.54, 1.807) is 12.1 Å². The predicted molar refractivity (Wildman–Crippen MR) is 74.5 cm³/mol. The second-order valence-corrected chi connectivity index (χ2v) is 5.34. The Kier molecular flexibility index (Phi) is 4.06. The monoisotopic (exact) mass is 276 g/mol. The number of aliphatic carboxylic acids is 1. The van der Waals surface area contributed by atoms with Crippen molar-refractivity contribution in [2.45, 2.75) is 45.1 Å². The lowest BCUT2D eigenvalue weighted by Crippen LogP contribution is -2.53. The van der Waals surface area contributed by atoms with Gasteiger partial charge in [0.05, 0.1) is 5.56 Å². The average molecular weight is 276 g/mol. The molecule has 5 nitrogen and oxygen atoms in total. The smallest absolute Gasteiger partial charge is 0.329 e. The standard InChI is InChI=1S/C15H20N2O3/c1-3-7-15(14(19)20)8-4-9-17(15)13(18)12-6-5-11(2)16-10-12/h5-6,10H,3-4,7-9H2,1-2H3,(H,19,20). The Morgan fingerprint density at radius 1 is 1.45 bits per heavy atom. The maximum atomic E-state index is 12.6. The highest BCUT2D eigenvalue weighted by molar-refractivity contribution is 5.98. The zero-order chi connectivity index (χ0) is 14.8. The van der Waals surface area contributed by atoms with E-state index in [9.17, 15) is 14.7 Å². The van der Waals surface area contributed by atoms with Gasteiger partial charge < -0.3 is 10.0 Å². The fraction of sp³-hybridized carbons (Fsp3) is 0.533. The molecule has 1 N–H and O–H groups in total. The van der Waals surface area contributed by atoms with Crippen molar-refractivity contribution in [2.75, 3.05) is 6.54 Å². The molecule has 108 valence electrons. The Morgan fingerprint density at radius 2 is 2.20 bits per heavy atom. The molecule has 1 atom stereocenters. The molecule has 0 aromatic carbocycles. The maximum Gasteiger partial charge on any atom is 0.329 e. The van der Waals surface area contributed by atoms with Crippen molar-refractivity contribution in [2.24, 2.45) is 0 Å². The van der Waals surface area contributed by atoms with Gasteiger partial charge in [-0.25, -0.2) is 4.79 Å². The van der Waals surface area contributed by atoms with Crippen LogP contribution in [0.2, 0.25) is 0 Å². The van der Waals surface area contributed by atoms with E-state index in [1.807, 2.05) is 13.8 Å². The van der Waals surface area contributed by atoms with Crippen LogP contribution in [0.15, 0.2) is 18.3 Å². The minimum Gasteiger partial charge on any atom is -0.479 e. The number of amides is 1. The molecule has 2 rings (SSSR count). The average Bonchev–Trinajstić information content (AvgIpc) is 2.84. The van der Waals surface area contributed by atoms with E-state index in [0.717, 1.165) is 18.5 Å². The molecule has 2 heterocycles. The van der Waals surface area contributed by atoms with Crippen LogP contribution >= 0.6 is 0 Å². The summed E-state index contributed by atoms with van der Waals surface area (Å²) in [5.74, 6) is -1.13. The Labute approximate surface area is 118 Å². The molecule has 1 aliphatic heterocycles. The number of aromatic nitrogens is 1. The molecule has 0 spiro atoms. The minimum absolute atomic E-state index is 0.231. The Morgan fingerprint density at radius 3 is 2.75 bits per heavy atom. The molecule has 1 saturated heterocycles. The summed E-state index contributed by atoms with van der Waals surface area (Å²) in [5, 5.41) is 9.60. The summed E-state index contributed by atoms with van der Waals surface area (Å²) in [6.45, 7) is 4.29.